The Bertz CT molecular complexity index is 643. The summed E-state index contributed by atoms with van der Waals surface area (Å²) in [5, 5.41) is 12.7. The van der Waals surface area contributed by atoms with Crippen LogP contribution in [-0.4, -0.2) is 5.11 Å². The van der Waals surface area contributed by atoms with Crippen molar-refractivity contribution in [1.82, 2.24) is 0 Å². The minimum absolute atomic E-state index is 0.120. The van der Waals surface area contributed by atoms with E-state index in [9.17, 15) is 5.11 Å². The molecule has 1 aromatic heterocycles. The number of hydrogen-bond acceptors (Lipinski definition) is 2. The van der Waals surface area contributed by atoms with Crippen LogP contribution in [0.4, 0.5) is 0 Å². The average Bonchev–Trinajstić information content (AvgIpc) is 2.71. The lowest BCUT2D eigenvalue weighted by Crippen LogP contribution is -2.39. The van der Waals surface area contributed by atoms with Gasteiger partial charge in [-0.1, -0.05) is 44.5 Å². The van der Waals surface area contributed by atoms with E-state index < -0.39 is 5.60 Å². The summed E-state index contributed by atoms with van der Waals surface area (Å²) in [6.45, 7) is 6.62. The topological polar surface area (TPSA) is 33.4 Å². The van der Waals surface area contributed by atoms with E-state index in [0.29, 0.717) is 22.3 Å². The lowest BCUT2D eigenvalue weighted by molar-refractivity contribution is -0.0767. The van der Waals surface area contributed by atoms with Gasteiger partial charge in [-0.25, -0.2) is 0 Å². The van der Waals surface area contributed by atoms with Crippen LogP contribution in [0.5, 0.6) is 0 Å². The van der Waals surface area contributed by atoms with E-state index >= 15 is 0 Å². The summed E-state index contributed by atoms with van der Waals surface area (Å²) in [4.78, 5) is 0. The molecule has 2 nitrogen and oxygen atoms in total. The summed E-state index contributed by atoms with van der Waals surface area (Å²) >= 11 is 6.16. The quantitative estimate of drug-likeness (QED) is 0.791. The van der Waals surface area contributed by atoms with Crippen molar-refractivity contribution in [3.63, 3.8) is 0 Å². The molecule has 2 unspecified atom stereocenters. The minimum atomic E-state index is -0.885. The molecular formula is C17H21ClO2. The second kappa shape index (κ2) is 4.51. The van der Waals surface area contributed by atoms with Crippen LogP contribution in [-0.2, 0) is 5.60 Å². The first-order valence-electron chi connectivity index (χ1n) is 7.20. The van der Waals surface area contributed by atoms with Gasteiger partial charge in [0.1, 0.15) is 11.4 Å². The molecule has 3 rings (SSSR count). The fraction of sp³-hybridized carbons (Fsp3) is 0.529. The summed E-state index contributed by atoms with van der Waals surface area (Å²) in [7, 11) is 0. The van der Waals surface area contributed by atoms with Gasteiger partial charge >= 0.3 is 0 Å². The Morgan fingerprint density at radius 2 is 2.05 bits per heavy atom. The first kappa shape index (κ1) is 14.0. The van der Waals surface area contributed by atoms with Crippen LogP contribution >= 0.6 is 11.6 Å². The molecule has 3 heteroatoms. The van der Waals surface area contributed by atoms with Gasteiger partial charge in [-0.2, -0.15) is 0 Å². The number of benzene rings is 1. The molecule has 0 amide bonds. The molecule has 0 saturated heterocycles. The second-order valence-electron chi connectivity index (χ2n) is 7.15. The van der Waals surface area contributed by atoms with Gasteiger partial charge in [0.15, 0.2) is 5.58 Å². The SMILES string of the molecule is CC1CC(C)(C)CC(O)(c2cc3cccc(Cl)c3o2)C1. The first-order valence-corrected chi connectivity index (χ1v) is 7.58. The number of hydrogen-bond donors (Lipinski definition) is 1. The molecule has 2 atom stereocenters. The van der Waals surface area contributed by atoms with Crippen molar-refractivity contribution < 1.29 is 9.52 Å². The number of halogens is 1. The summed E-state index contributed by atoms with van der Waals surface area (Å²) in [6, 6.07) is 7.63. The zero-order valence-electron chi connectivity index (χ0n) is 12.2. The lowest BCUT2D eigenvalue weighted by atomic mass is 9.65. The Morgan fingerprint density at radius 3 is 2.70 bits per heavy atom. The van der Waals surface area contributed by atoms with Crippen LogP contribution in [0.1, 0.15) is 45.8 Å². The lowest BCUT2D eigenvalue weighted by Gasteiger charge is -2.43. The van der Waals surface area contributed by atoms with Crippen LogP contribution in [0.2, 0.25) is 5.02 Å². The maximum absolute atomic E-state index is 11.1. The van der Waals surface area contributed by atoms with Crippen LogP contribution in [0.25, 0.3) is 11.0 Å². The Morgan fingerprint density at radius 1 is 1.30 bits per heavy atom. The molecule has 1 saturated carbocycles. The number of rotatable bonds is 1. The summed E-state index contributed by atoms with van der Waals surface area (Å²) < 4.78 is 5.90. The molecule has 0 spiro atoms. The Labute approximate surface area is 124 Å². The molecule has 1 heterocycles. The van der Waals surface area contributed by atoms with E-state index in [-0.39, 0.29) is 5.41 Å². The van der Waals surface area contributed by atoms with E-state index in [1.54, 1.807) is 0 Å². The molecule has 2 aromatic rings. The summed E-state index contributed by atoms with van der Waals surface area (Å²) in [5.41, 5.74) is -0.0905. The van der Waals surface area contributed by atoms with Crippen molar-refractivity contribution in [1.29, 1.82) is 0 Å². The number of fused-ring (bicyclic) bond motifs is 1. The van der Waals surface area contributed by atoms with Crippen LogP contribution in [0.3, 0.4) is 0 Å². The molecule has 0 radical (unpaired) electrons. The van der Waals surface area contributed by atoms with Gasteiger partial charge in [0.25, 0.3) is 0 Å². The highest BCUT2D eigenvalue weighted by molar-refractivity contribution is 6.34. The zero-order chi connectivity index (χ0) is 14.5. The Hall–Kier alpha value is -0.990. The van der Waals surface area contributed by atoms with Gasteiger partial charge in [0.2, 0.25) is 0 Å². The third kappa shape index (κ3) is 2.36. The van der Waals surface area contributed by atoms with Crippen LogP contribution in [0, 0.1) is 11.3 Å². The van der Waals surface area contributed by atoms with Gasteiger partial charge in [-0.05, 0) is 42.7 Å². The Balaban J connectivity index is 2.07. The van der Waals surface area contributed by atoms with Crippen molar-refractivity contribution in [3.8, 4) is 0 Å². The van der Waals surface area contributed by atoms with Crippen LogP contribution < -0.4 is 0 Å². The van der Waals surface area contributed by atoms with Gasteiger partial charge in [-0.15, -0.1) is 0 Å². The molecule has 1 aliphatic carbocycles. The van der Waals surface area contributed by atoms with Gasteiger partial charge in [-0.3, -0.25) is 0 Å². The molecule has 20 heavy (non-hydrogen) atoms. The largest absolute Gasteiger partial charge is 0.456 e. The van der Waals surface area contributed by atoms with E-state index in [2.05, 4.69) is 20.8 Å². The molecular weight excluding hydrogens is 272 g/mol. The molecule has 0 bridgehead atoms. The number of aliphatic hydroxyl groups is 1. The van der Waals surface area contributed by atoms with Crippen molar-refractivity contribution >= 4 is 22.6 Å². The van der Waals surface area contributed by atoms with E-state index in [0.717, 1.165) is 24.6 Å². The second-order valence-corrected chi connectivity index (χ2v) is 7.56. The predicted molar refractivity (Wildman–Crippen MR) is 81.9 cm³/mol. The highest BCUT2D eigenvalue weighted by Gasteiger charge is 2.44. The number of para-hydroxylation sites is 1. The van der Waals surface area contributed by atoms with Crippen molar-refractivity contribution in [2.45, 2.75) is 45.6 Å². The van der Waals surface area contributed by atoms with Gasteiger partial charge in [0, 0.05) is 5.39 Å². The minimum Gasteiger partial charge on any atom is -0.456 e. The molecule has 108 valence electrons. The van der Waals surface area contributed by atoms with Crippen molar-refractivity contribution in [2.24, 2.45) is 11.3 Å². The molecule has 1 aromatic carbocycles. The third-order valence-electron chi connectivity index (χ3n) is 4.31. The molecule has 1 fully saturated rings. The van der Waals surface area contributed by atoms with Crippen LogP contribution in [0.15, 0.2) is 28.7 Å². The molecule has 1 N–H and O–H groups in total. The maximum atomic E-state index is 11.1. The highest BCUT2D eigenvalue weighted by Crippen LogP contribution is 2.49. The smallest absolute Gasteiger partial charge is 0.153 e. The number of furan rings is 1. The maximum Gasteiger partial charge on any atom is 0.153 e. The van der Waals surface area contributed by atoms with Crippen molar-refractivity contribution in [2.75, 3.05) is 0 Å². The molecule has 1 aliphatic rings. The van der Waals surface area contributed by atoms with Gasteiger partial charge in [0.05, 0.1) is 5.02 Å². The average molecular weight is 293 g/mol. The first-order chi connectivity index (χ1) is 9.29. The zero-order valence-corrected chi connectivity index (χ0v) is 13.0. The van der Waals surface area contributed by atoms with Gasteiger partial charge < -0.3 is 9.52 Å². The summed E-state index contributed by atoms with van der Waals surface area (Å²) in [6.07, 6.45) is 2.60. The normalized spacial score (nSPS) is 29.8. The highest BCUT2D eigenvalue weighted by atomic mass is 35.5. The third-order valence-corrected chi connectivity index (χ3v) is 4.61. The fourth-order valence-electron chi connectivity index (χ4n) is 3.97. The van der Waals surface area contributed by atoms with E-state index in [1.165, 1.54) is 0 Å². The summed E-state index contributed by atoms with van der Waals surface area (Å²) in [5.74, 6) is 1.13. The monoisotopic (exact) mass is 292 g/mol. The Kier molecular flexibility index (Phi) is 3.15. The predicted octanol–water partition coefficient (Wildman–Crippen LogP) is 5.12. The fourth-order valence-corrected chi connectivity index (χ4v) is 4.19. The van der Waals surface area contributed by atoms with Crippen molar-refractivity contribution in [3.05, 3.63) is 35.0 Å². The molecule has 0 aliphatic heterocycles. The standard InChI is InChI=1S/C17H21ClO2/c1-11-8-16(2,3)10-17(19,9-11)14-7-12-5-4-6-13(18)15(12)20-14/h4-7,11,19H,8-10H2,1-3H3. The van der Waals surface area contributed by atoms with E-state index in [1.807, 2.05) is 24.3 Å². The van der Waals surface area contributed by atoms with E-state index in [4.69, 9.17) is 16.0 Å².